The molecule has 1 amide bonds. The van der Waals surface area contributed by atoms with E-state index in [0.29, 0.717) is 19.0 Å². The molecule has 6 heteroatoms. The van der Waals surface area contributed by atoms with Crippen molar-refractivity contribution in [2.24, 2.45) is 11.7 Å². The Morgan fingerprint density at radius 2 is 2.15 bits per heavy atom. The first-order valence-electron chi connectivity index (χ1n) is 9.17. The number of nitrogens with two attached hydrogens (primary N) is 1. The Morgan fingerprint density at radius 1 is 1.35 bits per heavy atom. The Kier molecular flexibility index (Phi) is 4.78. The van der Waals surface area contributed by atoms with Crippen LogP contribution in [0, 0.1) is 12.8 Å². The van der Waals surface area contributed by atoms with Crippen molar-refractivity contribution in [1.82, 2.24) is 15.1 Å². The fourth-order valence-electron chi connectivity index (χ4n) is 3.84. The summed E-state index contributed by atoms with van der Waals surface area (Å²) in [6.45, 7) is 3.35. The number of carbonyl (C=O) groups is 1. The zero-order valence-corrected chi connectivity index (χ0v) is 15.8. The van der Waals surface area contributed by atoms with Gasteiger partial charge in [-0.1, -0.05) is 36.8 Å². The molecule has 4 rings (SSSR count). The molecule has 0 spiro atoms. The summed E-state index contributed by atoms with van der Waals surface area (Å²) in [5.41, 5.74) is 8.00. The quantitative estimate of drug-likeness (QED) is 0.726. The van der Waals surface area contributed by atoms with Crippen LogP contribution < -0.4 is 11.1 Å². The van der Waals surface area contributed by atoms with E-state index in [1.54, 1.807) is 0 Å². The van der Waals surface area contributed by atoms with Crippen molar-refractivity contribution in [3.05, 3.63) is 52.5 Å². The summed E-state index contributed by atoms with van der Waals surface area (Å²) < 4.78 is 2.00. The highest BCUT2D eigenvalue weighted by atomic mass is 32.1. The highest BCUT2D eigenvalue weighted by Crippen LogP contribution is 2.30. The van der Waals surface area contributed by atoms with Crippen molar-refractivity contribution in [3.63, 3.8) is 0 Å². The average molecular weight is 369 g/mol. The van der Waals surface area contributed by atoms with Gasteiger partial charge in [0.25, 0.3) is 5.91 Å². The van der Waals surface area contributed by atoms with Crippen LogP contribution in [0.5, 0.6) is 0 Å². The number of benzene rings is 1. The summed E-state index contributed by atoms with van der Waals surface area (Å²) in [5.74, 6) is 0.422. The predicted molar refractivity (Wildman–Crippen MR) is 106 cm³/mol. The number of hydrogen-bond donors (Lipinski definition) is 2. The molecule has 2 atom stereocenters. The molecule has 3 N–H and O–H groups in total. The summed E-state index contributed by atoms with van der Waals surface area (Å²) in [4.78, 5) is 14.5. The third kappa shape index (κ3) is 3.27. The molecule has 3 aromatic rings. The maximum atomic E-state index is 12.7. The second-order valence-electron chi connectivity index (χ2n) is 7.06. The normalized spacial score (nSPS) is 19.9. The summed E-state index contributed by atoms with van der Waals surface area (Å²) in [7, 11) is 0. The van der Waals surface area contributed by atoms with Crippen LogP contribution in [0.1, 0.15) is 40.2 Å². The van der Waals surface area contributed by atoms with Gasteiger partial charge in [-0.15, -0.1) is 11.3 Å². The first-order chi connectivity index (χ1) is 12.7. The Balaban J connectivity index is 1.57. The molecule has 1 saturated carbocycles. The molecule has 26 heavy (non-hydrogen) atoms. The van der Waals surface area contributed by atoms with Crippen LogP contribution in [-0.2, 0) is 6.54 Å². The zero-order chi connectivity index (χ0) is 18.1. The monoisotopic (exact) mass is 368 g/mol. The lowest BCUT2D eigenvalue weighted by Gasteiger charge is -2.18. The molecular weight excluding hydrogens is 344 g/mol. The zero-order valence-electron chi connectivity index (χ0n) is 14.9. The van der Waals surface area contributed by atoms with Gasteiger partial charge in [0.15, 0.2) is 0 Å². The highest BCUT2D eigenvalue weighted by Gasteiger charge is 2.28. The minimum absolute atomic E-state index is 0.0159. The van der Waals surface area contributed by atoms with E-state index in [1.807, 2.05) is 35.9 Å². The van der Waals surface area contributed by atoms with E-state index in [4.69, 9.17) is 5.73 Å². The highest BCUT2D eigenvalue weighted by molar-refractivity contribution is 7.20. The standard InChI is InChI=1S/C20H24N4OS/c1-13-16-10-18(19(25)22-17-9-5-8-15(17)11-21)26-20(16)24(23-13)12-14-6-3-2-4-7-14/h2-4,6-7,10,15,17H,5,8-9,11-12,21H2,1H3,(H,22,25). The van der Waals surface area contributed by atoms with E-state index in [1.165, 1.54) is 16.9 Å². The number of nitrogens with zero attached hydrogens (tertiary/aromatic N) is 2. The maximum Gasteiger partial charge on any atom is 0.261 e. The van der Waals surface area contributed by atoms with E-state index in [2.05, 4.69) is 22.5 Å². The van der Waals surface area contributed by atoms with Crippen LogP contribution >= 0.6 is 11.3 Å². The van der Waals surface area contributed by atoms with Crippen LogP contribution in [0.15, 0.2) is 36.4 Å². The smallest absolute Gasteiger partial charge is 0.261 e. The van der Waals surface area contributed by atoms with Gasteiger partial charge in [-0.25, -0.2) is 0 Å². The number of amides is 1. The molecule has 136 valence electrons. The fourth-order valence-corrected chi connectivity index (χ4v) is 4.90. The Labute approximate surface area is 157 Å². The molecule has 1 fully saturated rings. The minimum atomic E-state index is 0.0159. The van der Waals surface area contributed by atoms with Crippen molar-refractivity contribution in [2.45, 2.75) is 38.8 Å². The molecule has 1 aliphatic carbocycles. The number of carbonyl (C=O) groups excluding carboxylic acids is 1. The fraction of sp³-hybridized carbons (Fsp3) is 0.400. The number of fused-ring (bicyclic) bond motifs is 1. The molecule has 2 heterocycles. The lowest BCUT2D eigenvalue weighted by molar-refractivity contribution is 0.0933. The van der Waals surface area contributed by atoms with Gasteiger partial charge in [-0.05, 0) is 43.9 Å². The molecule has 0 radical (unpaired) electrons. The Hall–Kier alpha value is -2.18. The van der Waals surface area contributed by atoms with Gasteiger partial charge in [-0.3, -0.25) is 9.48 Å². The summed E-state index contributed by atoms with van der Waals surface area (Å²) >= 11 is 1.52. The van der Waals surface area contributed by atoms with Gasteiger partial charge >= 0.3 is 0 Å². The number of aromatic nitrogens is 2. The summed E-state index contributed by atoms with van der Waals surface area (Å²) in [6, 6.07) is 12.5. The van der Waals surface area contributed by atoms with Gasteiger partial charge in [0.2, 0.25) is 0 Å². The number of hydrogen-bond acceptors (Lipinski definition) is 4. The summed E-state index contributed by atoms with van der Waals surface area (Å²) in [6.07, 6.45) is 3.28. The number of rotatable bonds is 5. The van der Waals surface area contributed by atoms with E-state index in [-0.39, 0.29) is 11.9 Å². The third-order valence-electron chi connectivity index (χ3n) is 5.28. The lowest BCUT2D eigenvalue weighted by atomic mass is 10.0. The number of nitrogens with one attached hydrogen (secondary N) is 1. The molecule has 5 nitrogen and oxygen atoms in total. The summed E-state index contributed by atoms with van der Waals surface area (Å²) in [5, 5.41) is 8.92. The van der Waals surface area contributed by atoms with Crippen LogP contribution in [-0.4, -0.2) is 28.3 Å². The predicted octanol–water partition coefficient (Wildman–Crippen LogP) is 3.31. The molecule has 0 bridgehead atoms. The molecule has 2 aromatic heterocycles. The van der Waals surface area contributed by atoms with Gasteiger partial charge in [0.1, 0.15) is 4.83 Å². The SMILES string of the molecule is Cc1nn(Cc2ccccc2)c2sc(C(=O)NC3CCCC3CN)cc12. The first-order valence-corrected chi connectivity index (χ1v) is 9.99. The maximum absolute atomic E-state index is 12.7. The van der Waals surface area contributed by atoms with Crippen LogP contribution in [0.3, 0.4) is 0 Å². The molecular formula is C20H24N4OS. The van der Waals surface area contributed by atoms with Crippen molar-refractivity contribution < 1.29 is 4.79 Å². The van der Waals surface area contributed by atoms with Crippen molar-refractivity contribution >= 4 is 27.5 Å². The van der Waals surface area contributed by atoms with Crippen LogP contribution in [0.25, 0.3) is 10.2 Å². The largest absolute Gasteiger partial charge is 0.348 e. The number of aryl methyl sites for hydroxylation is 1. The third-order valence-corrected chi connectivity index (χ3v) is 6.43. The van der Waals surface area contributed by atoms with E-state index in [0.717, 1.165) is 40.1 Å². The van der Waals surface area contributed by atoms with Gasteiger partial charge in [0.05, 0.1) is 17.1 Å². The van der Waals surface area contributed by atoms with E-state index >= 15 is 0 Å². The number of thiophene rings is 1. The van der Waals surface area contributed by atoms with Crippen molar-refractivity contribution in [2.75, 3.05) is 6.54 Å². The second kappa shape index (κ2) is 7.21. The topological polar surface area (TPSA) is 72.9 Å². The van der Waals surface area contributed by atoms with Crippen molar-refractivity contribution in [1.29, 1.82) is 0 Å². The molecule has 0 aliphatic heterocycles. The van der Waals surface area contributed by atoms with E-state index < -0.39 is 0 Å². The van der Waals surface area contributed by atoms with Crippen LogP contribution in [0.2, 0.25) is 0 Å². The van der Waals surface area contributed by atoms with Crippen LogP contribution in [0.4, 0.5) is 0 Å². The minimum Gasteiger partial charge on any atom is -0.348 e. The molecule has 0 saturated heterocycles. The Morgan fingerprint density at radius 3 is 2.92 bits per heavy atom. The molecule has 1 aliphatic rings. The van der Waals surface area contributed by atoms with E-state index in [9.17, 15) is 4.79 Å². The van der Waals surface area contributed by atoms with Gasteiger partial charge in [-0.2, -0.15) is 5.10 Å². The average Bonchev–Trinajstić information content (AvgIpc) is 3.34. The van der Waals surface area contributed by atoms with Crippen molar-refractivity contribution in [3.8, 4) is 0 Å². The van der Waals surface area contributed by atoms with Gasteiger partial charge in [0, 0.05) is 11.4 Å². The lowest BCUT2D eigenvalue weighted by Crippen LogP contribution is -2.39. The van der Waals surface area contributed by atoms with Gasteiger partial charge < -0.3 is 11.1 Å². The second-order valence-corrected chi connectivity index (χ2v) is 8.10. The molecule has 1 aromatic carbocycles. The molecule has 2 unspecified atom stereocenters. The first kappa shape index (κ1) is 17.2. The Bertz CT molecular complexity index is 915.